The number of fused-ring (bicyclic) bond motifs is 2. The lowest BCUT2D eigenvalue weighted by Crippen LogP contribution is -2.27. The molecule has 1 aromatic heterocycles. The van der Waals surface area contributed by atoms with Crippen molar-refractivity contribution in [1.82, 2.24) is 10.2 Å². The fourth-order valence-corrected chi connectivity index (χ4v) is 3.38. The fraction of sp³-hybridized carbons (Fsp3) is 0.692. The highest BCUT2D eigenvalue weighted by atomic mass is 16.2. The van der Waals surface area contributed by atoms with Crippen LogP contribution in [-0.4, -0.2) is 16.1 Å². The predicted molar refractivity (Wildman–Crippen MR) is 65.6 cm³/mol. The van der Waals surface area contributed by atoms with Gasteiger partial charge in [-0.1, -0.05) is 6.42 Å². The Morgan fingerprint density at radius 2 is 2.18 bits per heavy atom. The number of rotatable bonds is 2. The van der Waals surface area contributed by atoms with Gasteiger partial charge in [0.25, 0.3) is 0 Å². The Kier molecular flexibility index (Phi) is 2.45. The van der Waals surface area contributed by atoms with Gasteiger partial charge >= 0.3 is 0 Å². The average Bonchev–Trinajstić information content (AvgIpc) is 3.00. The van der Waals surface area contributed by atoms with Gasteiger partial charge in [0, 0.05) is 17.2 Å². The summed E-state index contributed by atoms with van der Waals surface area (Å²) in [5.41, 5.74) is 2.06. The number of aromatic amines is 1. The first-order valence-corrected chi connectivity index (χ1v) is 6.47. The van der Waals surface area contributed by atoms with Crippen LogP contribution in [0.4, 0.5) is 5.82 Å². The lowest BCUT2D eigenvalue weighted by Gasteiger charge is -2.20. The molecule has 92 valence electrons. The topological polar surface area (TPSA) is 57.8 Å². The van der Waals surface area contributed by atoms with Crippen molar-refractivity contribution in [1.29, 1.82) is 0 Å². The zero-order valence-electron chi connectivity index (χ0n) is 10.4. The molecular formula is C13H19N3O. The van der Waals surface area contributed by atoms with Crippen LogP contribution in [-0.2, 0) is 4.79 Å². The summed E-state index contributed by atoms with van der Waals surface area (Å²) in [6, 6.07) is 0. The molecule has 2 bridgehead atoms. The lowest BCUT2D eigenvalue weighted by atomic mass is 9.88. The molecule has 0 aliphatic heterocycles. The molecule has 1 amide bonds. The zero-order valence-corrected chi connectivity index (χ0v) is 10.4. The Morgan fingerprint density at radius 1 is 1.35 bits per heavy atom. The van der Waals surface area contributed by atoms with E-state index in [1.807, 2.05) is 13.8 Å². The van der Waals surface area contributed by atoms with Crippen molar-refractivity contribution in [2.24, 2.45) is 17.8 Å². The summed E-state index contributed by atoms with van der Waals surface area (Å²) in [5, 5.41) is 10.0. The van der Waals surface area contributed by atoms with Gasteiger partial charge in [0.15, 0.2) is 5.82 Å². The van der Waals surface area contributed by atoms with Crippen LogP contribution in [0.15, 0.2) is 0 Å². The maximum atomic E-state index is 12.2. The summed E-state index contributed by atoms with van der Waals surface area (Å²) in [5.74, 6) is 2.53. The van der Waals surface area contributed by atoms with Crippen LogP contribution in [0.3, 0.4) is 0 Å². The highest BCUT2D eigenvalue weighted by molar-refractivity contribution is 5.92. The first-order valence-electron chi connectivity index (χ1n) is 6.47. The number of anilines is 1. The summed E-state index contributed by atoms with van der Waals surface area (Å²) in [4.78, 5) is 12.2. The van der Waals surface area contributed by atoms with E-state index in [-0.39, 0.29) is 11.8 Å². The molecule has 1 heterocycles. The second-order valence-corrected chi connectivity index (χ2v) is 5.59. The fourth-order valence-electron chi connectivity index (χ4n) is 3.38. The van der Waals surface area contributed by atoms with Crippen molar-refractivity contribution in [3.05, 3.63) is 11.3 Å². The molecule has 4 heteroatoms. The summed E-state index contributed by atoms with van der Waals surface area (Å²) >= 11 is 0. The first kappa shape index (κ1) is 10.8. The van der Waals surface area contributed by atoms with E-state index in [0.29, 0.717) is 11.7 Å². The Morgan fingerprint density at radius 3 is 2.71 bits per heavy atom. The van der Waals surface area contributed by atoms with Crippen molar-refractivity contribution in [2.75, 3.05) is 5.32 Å². The zero-order chi connectivity index (χ0) is 12.0. The molecule has 0 spiro atoms. The number of nitrogens with one attached hydrogen (secondary N) is 2. The van der Waals surface area contributed by atoms with Gasteiger partial charge in [-0.25, -0.2) is 0 Å². The van der Waals surface area contributed by atoms with Crippen LogP contribution in [0.25, 0.3) is 0 Å². The van der Waals surface area contributed by atoms with E-state index in [1.54, 1.807) is 0 Å². The quantitative estimate of drug-likeness (QED) is 0.824. The molecule has 2 aliphatic carbocycles. The normalized spacial score (nSPS) is 30.8. The SMILES string of the molecule is Cc1[nH]nc(NC(=O)C2CC3CCC2C3)c1C. The number of nitrogens with zero attached hydrogens (tertiary/aromatic N) is 1. The Labute approximate surface area is 101 Å². The first-order chi connectivity index (χ1) is 8.15. The van der Waals surface area contributed by atoms with Crippen LogP contribution in [0.5, 0.6) is 0 Å². The monoisotopic (exact) mass is 233 g/mol. The Hall–Kier alpha value is -1.32. The molecule has 4 nitrogen and oxygen atoms in total. The van der Waals surface area contributed by atoms with Gasteiger partial charge in [0.05, 0.1) is 0 Å². The molecule has 2 aliphatic rings. The number of hydrogen-bond donors (Lipinski definition) is 2. The highest BCUT2D eigenvalue weighted by Gasteiger charge is 2.43. The largest absolute Gasteiger partial charge is 0.309 e. The molecular weight excluding hydrogens is 214 g/mol. The summed E-state index contributed by atoms with van der Waals surface area (Å²) in [7, 11) is 0. The van der Waals surface area contributed by atoms with E-state index in [4.69, 9.17) is 0 Å². The third-order valence-electron chi connectivity index (χ3n) is 4.57. The summed E-state index contributed by atoms with van der Waals surface area (Å²) < 4.78 is 0. The van der Waals surface area contributed by atoms with Gasteiger partial charge in [0.2, 0.25) is 5.91 Å². The van der Waals surface area contributed by atoms with E-state index in [0.717, 1.165) is 23.6 Å². The maximum absolute atomic E-state index is 12.2. The van der Waals surface area contributed by atoms with E-state index in [9.17, 15) is 4.79 Å². The van der Waals surface area contributed by atoms with Gasteiger partial charge in [-0.3, -0.25) is 9.89 Å². The number of H-pyrrole nitrogens is 1. The number of aromatic nitrogens is 2. The third-order valence-corrected chi connectivity index (χ3v) is 4.57. The van der Waals surface area contributed by atoms with E-state index in [2.05, 4.69) is 15.5 Å². The van der Waals surface area contributed by atoms with Gasteiger partial charge in [0.1, 0.15) is 0 Å². The Bertz CT molecular complexity index is 452. The number of amides is 1. The second-order valence-electron chi connectivity index (χ2n) is 5.59. The number of hydrogen-bond acceptors (Lipinski definition) is 2. The molecule has 0 aromatic carbocycles. The van der Waals surface area contributed by atoms with Crippen LogP contribution in [0, 0.1) is 31.6 Å². The van der Waals surface area contributed by atoms with Gasteiger partial charge in [-0.15, -0.1) is 0 Å². The second kappa shape index (κ2) is 3.86. The maximum Gasteiger partial charge on any atom is 0.228 e. The molecule has 0 radical (unpaired) electrons. The van der Waals surface area contributed by atoms with Crippen molar-refractivity contribution in [3.8, 4) is 0 Å². The molecule has 2 fully saturated rings. The molecule has 2 N–H and O–H groups in total. The average molecular weight is 233 g/mol. The number of aryl methyl sites for hydroxylation is 1. The smallest absolute Gasteiger partial charge is 0.228 e. The molecule has 0 saturated heterocycles. The molecule has 3 unspecified atom stereocenters. The summed E-state index contributed by atoms with van der Waals surface area (Å²) in [6.45, 7) is 3.95. The van der Waals surface area contributed by atoms with Crippen LogP contribution in [0.1, 0.15) is 36.9 Å². The van der Waals surface area contributed by atoms with E-state index in [1.165, 1.54) is 19.3 Å². The van der Waals surface area contributed by atoms with Crippen molar-refractivity contribution < 1.29 is 4.79 Å². The minimum absolute atomic E-state index is 0.173. The van der Waals surface area contributed by atoms with Crippen LogP contribution < -0.4 is 5.32 Å². The van der Waals surface area contributed by atoms with Crippen molar-refractivity contribution >= 4 is 11.7 Å². The number of carbonyl (C=O) groups is 1. The predicted octanol–water partition coefficient (Wildman–Crippen LogP) is 2.40. The third kappa shape index (κ3) is 1.75. The molecule has 17 heavy (non-hydrogen) atoms. The molecule has 2 saturated carbocycles. The van der Waals surface area contributed by atoms with Gasteiger partial charge in [-0.05, 0) is 44.9 Å². The minimum atomic E-state index is 0.173. The number of carbonyl (C=O) groups excluding carboxylic acids is 1. The standard InChI is InChI=1S/C13H19N3O/c1-7-8(2)15-16-12(7)14-13(17)11-6-9-3-4-10(11)5-9/h9-11H,3-6H2,1-2H3,(H2,14,15,16,17). The lowest BCUT2D eigenvalue weighted by molar-refractivity contribution is -0.121. The highest BCUT2D eigenvalue weighted by Crippen LogP contribution is 2.48. The molecule has 1 aromatic rings. The molecule has 3 rings (SSSR count). The molecule has 3 atom stereocenters. The van der Waals surface area contributed by atoms with Crippen molar-refractivity contribution in [3.63, 3.8) is 0 Å². The van der Waals surface area contributed by atoms with E-state index >= 15 is 0 Å². The Balaban J connectivity index is 1.70. The van der Waals surface area contributed by atoms with E-state index < -0.39 is 0 Å². The van der Waals surface area contributed by atoms with Crippen molar-refractivity contribution in [2.45, 2.75) is 39.5 Å². The summed E-state index contributed by atoms with van der Waals surface area (Å²) in [6.07, 6.45) is 4.91. The van der Waals surface area contributed by atoms with Crippen LogP contribution >= 0.6 is 0 Å². The van der Waals surface area contributed by atoms with Gasteiger partial charge < -0.3 is 5.32 Å². The van der Waals surface area contributed by atoms with Crippen LogP contribution in [0.2, 0.25) is 0 Å². The van der Waals surface area contributed by atoms with Gasteiger partial charge in [-0.2, -0.15) is 5.10 Å². The minimum Gasteiger partial charge on any atom is -0.309 e.